The van der Waals surface area contributed by atoms with Crippen LogP contribution in [0.15, 0.2) is 30.5 Å². The minimum absolute atomic E-state index is 0.0210. The summed E-state index contributed by atoms with van der Waals surface area (Å²) in [5.74, 6) is 0.812. The quantitative estimate of drug-likeness (QED) is 0.851. The number of aromatic amines is 1. The summed E-state index contributed by atoms with van der Waals surface area (Å²) in [6, 6.07) is 8.01. The predicted octanol–water partition coefficient (Wildman–Crippen LogP) is 2.46. The van der Waals surface area contributed by atoms with Crippen molar-refractivity contribution >= 4 is 16.8 Å². The molecule has 0 radical (unpaired) electrons. The molecule has 0 bridgehead atoms. The van der Waals surface area contributed by atoms with Crippen molar-refractivity contribution in [1.82, 2.24) is 10.3 Å². The Balaban J connectivity index is 1.84. The molecule has 0 aliphatic heterocycles. The van der Waals surface area contributed by atoms with Crippen molar-refractivity contribution in [3.63, 3.8) is 0 Å². The van der Waals surface area contributed by atoms with Crippen molar-refractivity contribution in [2.75, 3.05) is 6.61 Å². The molecular weight excluding hydrogens is 228 g/mol. The zero-order chi connectivity index (χ0) is 13.0. The summed E-state index contributed by atoms with van der Waals surface area (Å²) < 4.78 is 5.56. The van der Waals surface area contributed by atoms with Gasteiger partial charge in [-0.05, 0) is 38.1 Å². The SMILES string of the molecule is CC(C)NC(=O)CCOc1ccc2[nH]ccc2c1. The van der Waals surface area contributed by atoms with E-state index >= 15 is 0 Å². The summed E-state index contributed by atoms with van der Waals surface area (Å²) in [7, 11) is 0. The van der Waals surface area contributed by atoms with E-state index in [2.05, 4.69) is 10.3 Å². The summed E-state index contributed by atoms with van der Waals surface area (Å²) in [4.78, 5) is 14.5. The van der Waals surface area contributed by atoms with E-state index in [0.29, 0.717) is 13.0 Å². The number of aromatic nitrogens is 1. The standard InChI is InChI=1S/C14H18N2O2/c1-10(2)16-14(17)6-8-18-12-3-4-13-11(9-12)5-7-15-13/h3-5,7,9-10,15H,6,8H2,1-2H3,(H,16,17). The Hall–Kier alpha value is -1.97. The fourth-order valence-electron chi connectivity index (χ4n) is 1.78. The highest BCUT2D eigenvalue weighted by molar-refractivity contribution is 5.80. The maximum atomic E-state index is 11.4. The summed E-state index contributed by atoms with van der Waals surface area (Å²) in [5, 5.41) is 3.94. The topological polar surface area (TPSA) is 54.1 Å². The number of hydrogen-bond acceptors (Lipinski definition) is 2. The second-order valence-electron chi connectivity index (χ2n) is 4.55. The molecule has 0 fully saturated rings. The lowest BCUT2D eigenvalue weighted by atomic mass is 10.2. The van der Waals surface area contributed by atoms with E-state index in [1.54, 1.807) is 0 Å². The molecule has 0 spiro atoms. The second-order valence-corrected chi connectivity index (χ2v) is 4.55. The molecule has 4 heteroatoms. The largest absolute Gasteiger partial charge is 0.493 e. The van der Waals surface area contributed by atoms with Crippen molar-refractivity contribution in [3.8, 4) is 5.75 Å². The molecule has 0 aliphatic rings. The maximum absolute atomic E-state index is 11.4. The van der Waals surface area contributed by atoms with Gasteiger partial charge in [0.15, 0.2) is 0 Å². The lowest BCUT2D eigenvalue weighted by Gasteiger charge is -2.09. The average Bonchev–Trinajstić information content (AvgIpc) is 2.75. The van der Waals surface area contributed by atoms with Crippen LogP contribution in [-0.4, -0.2) is 23.5 Å². The van der Waals surface area contributed by atoms with Gasteiger partial charge >= 0.3 is 0 Å². The Morgan fingerprint density at radius 2 is 2.22 bits per heavy atom. The summed E-state index contributed by atoms with van der Waals surface area (Å²) in [5.41, 5.74) is 1.08. The van der Waals surface area contributed by atoms with Gasteiger partial charge in [-0.1, -0.05) is 0 Å². The number of nitrogens with one attached hydrogen (secondary N) is 2. The van der Waals surface area contributed by atoms with Crippen LogP contribution in [0.1, 0.15) is 20.3 Å². The number of amides is 1. The van der Waals surface area contributed by atoms with E-state index in [-0.39, 0.29) is 11.9 Å². The van der Waals surface area contributed by atoms with Crippen LogP contribution in [0, 0.1) is 0 Å². The lowest BCUT2D eigenvalue weighted by molar-refractivity contribution is -0.122. The van der Waals surface area contributed by atoms with Crippen molar-refractivity contribution in [1.29, 1.82) is 0 Å². The van der Waals surface area contributed by atoms with Crippen LogP contribution in [0.5, 0.6) is 5.75 Å². The van der Waals surface area contributed by atoms with Gasteiger partial charge in [-0.2, -0.15) is 0 Å². The molecule has 4 nitrogen and oxygen atoms in total. The molecule has 2 aromatic rings. The molecule has 0 unspecified atom stereocenters. The van der Waals surface area contributed by atoms with E-state index in [1.807, 2.05) is 44.3 Å². The molecule has 2 N–H and O–H groups in total. The van der Waals surface area contributed by atoms with Gasteiger partial charge in [0.1, 0.15) is 5.75 Å². The molecule has 18 heavy (non-hydrogen) atoms. The van der Waals surface area contributed by atoms with Crippen molar-refractivity contribution < 1.29 is 9.53 Å². The third-order valence-corrected chi connectivity index (χ3v) is 2.57. The third-order valence-electron chi connectivity index (χ3n) is 2.57. The van der Waals surface area contributed by atoms with Crippen LogP contribution in [0.25, 0.3) is 10.9 Å². The molecule has 2 rings (SSSR count). The molecule has 0 aliphatic carbocycles. The highest BCUT2D eigenvalue weighted by Gasteiger charge is 2.04. The Labute approximate surface area is 106 Å². The summed E-state index contributed by atoms with van der Waals surface area (Å²) in [6.45, 7) is 4.28. The van der Waals surface area contributed by atoms with Crippen molar-refractivity contribution in [2.45, 2.75) is 26.3 Å². The normalized spacial score (nSPS) is 10.8. The number of benzene rings is 1. The van der Waals surface area contributed by atoms with Crippen LogP contribution in [0.4, 0.5) is 0 Å². The first-order valence-corrected chi connectivity index (χ1v) is 6.14. The van der Waals surface area contributed by atoms with E-state index in [1.165, 1.54) is 0 Å². The molecule has 96 valence electrons. The Morgan fingerprint density at radius 1 is 1.39 bits per heavy atom. The molecule has 1 amide bonds. The predicted molar refractivity (Wildman–Crippen MR) is 71.7 cm³/mol. The molecule has 1 heterocycles. The molecule has 0 atom stereocenters. The second kappa shape index (κ2) is 5.58. The zero-order valence-corrected chi connectivity index (χ0v) is 10.7. The van der Waals surface area contributed by atoms with Crippen LogP contribution < -0.4 is 10.1 Å². The highest BCUT2D eigenvalue weighted by Crippen LogP contribution is 2.19. The highest BCUT2D eigenvalue weighted by atomic mass is 16.5. The van der Waals surface area contributed by atoms with Gasteiger partial charge in [0, 0.05) is 23.1 Å². The monoisotopic (exact) mass is 246 g/mol. The van der Waals surface area contributed by atoms with E-state index < -0.39 is 0 Å². The first-order chi connectivity index (χ1) is 8.65. The number of hydrogen-bond donors (Lipinski definition) is 2. The molecular formula is C14H18N2O2. The van der Waals surface area contributed by atoms with Crippen molar-refractivity contribution in [3.05, 3.63) is 30.5 Å². The summed E-state index contributed by atoms with van der Waals surface area (Å²) in [6.07, 6.45) is 2.27. The molecule has 1 aromatic heterocycles. The summed E-state index contributed by atoms with van der Waals surface area (Å²) >= 11 is 0. The van der Waals surface area contributed by atoms with Crippen LogP contribution in [0.2, 0.25) is 0 Å². The lowest BCUT2D eigenvalue weighted by Crippen LogP contribution is -2.31. The minimum Gasteiger partial charge on any atom is -0.493 e. The molecule has 1 aromatic carbocycles. The van der Waals surface area contributed by atoms with E-state index in [9.17, 15) is 4.79 Å². The smallest absolute Gasteiger partial charge is 0.223 e. The van der Waals surface area contributed by atoms with Gasteiger partial charge in [0.05, 0.1) is 13.0 Å². The Bertz CT molecular complexity index is 531. The Kier molecular flexibility index (Phi) is 3.87. The third kappa shape index (κ3) is 3.26. The minimum atomic E-state index is 0.0210. The van der Waals surface area contributed by atoms with Crippen LogP contribution in [0.3, 0.4) is 0 Å². The van der Waals surface area contributed by atoms with Crippen molar-refractivity contribution in [2.24, 2.45) is 0 Å². The van der Waals surface area contributed by atoms with E-state index in [0.717, 1.165) is 16.7 Å². The van der Waals surface area contributed by atoms with Crippen LogP contribution in [-0.2, 0) is 4.79 Å². The number of carbonyl (C=O) groups excluding carboxylic acids is 1. The van der Waals surface area contributed by atoms with Gasteiger partial charge in [0.25, 0.3) is 0 Å². The average molecular weight is 246 g/mol. The Morgan fingerprint density at radius 3 is 3.00 bits per heavy atom. The number of fused-ring (bicyclic) bond motifs is 1. The zero-order valence-electron chi connectivity index (χ0n) is 10.7. The first-order valence-electron chi connectivity index (χ1n) is 6.14. The number of H-pyrrole nitrogens is 1. The fourth-order valence-corrected chi connectivity index (χ4v) is 1.78. The van der Waals surface area contributed by atoms with Gasteiger partial charge in [-0.15, -0.1) is 0 Å². The van der Waals surface area contributed by atoms with Gasteiger partial charge in [-0.25, -0.2) is 0 Å². The fraction of sp³-hybridized carbons (Fsp3) is 0.357. The number of rotatable bonds is 5. The van der Waals surface area contributed by atoms with E-state index in [4.69, 9.17) is 4.74 Å². The van der Waals surface area contributed by atoms with Gasteiger partial charge in [0.2, 0.25) is 5.91 Å². The van der Waals surface area contributed by atoms with Crippen LogP contribution >= 0.6 is 0 Å². The molecule has 0 saturated heterocycles. The first kappa shape index (κ1) is 12.5. The number of ether oxygens (including phenoxy) is 1. The number of carbonyl (C=O) groups is 1. The van der Waals surface area contributed by atoms with Gasteiger partial charge in [-0.3, -0.25) is 4.79 Å². The van der Waals surface area contributed by atoms with Gasteiger partial charge < -0.3 is 15.0 Å². The maximum Gasteiger partial charge on any atom is 0.223 e. The molecule has 0 saturated carbocycles.